The fraction of sp³-hybridized carbons (Fsp3) is 0.600. The summed E-state index contributed by atoms with van der Waals surface area (Å²) in [7, 11) is 1.28. The van der Waals surface area contributed by atoms with Gasteiger partial charge in [0.2, 0.25) is 0 Å². The Morgan fingerprint density at radius 3 is 2.10 bits per heavy atom. The summed E-state index contributed by atoms with van der Waals surface area (Å²) in [5, 5.41) is 2.28. The lowest BCUT2D eigenvalue weighted by molar-refractivity contribution is -0.156. The molecule has 0 radical (unpaired) electrons. The number of alkyl halides is 3. The number of benzene rings is 1. The monoisotopic (exact) mass is 305 g/mol. The molecule has 0 aliphatic carbocycles. The molecule has 0 aromatic heterocycles. The van der Waals surface area contributed by atoms with Gasteiger partial charge in [-0.3, -0.25) is 0 Å². The van der Waals surface area contributed by atoms with Crippen LogP contribution >= 0.6 is 0 Å². The highest BCUT2D eigenvalue weighted by atomic mass is 19.4. The molecule has 1 atom stereocenters. The minimum atomic E-state index is -4.36. The zero-order valence-electron chi connectivity index (χ0n) is 12.6. The van der Waals surface area contributed by atoms with Crippen molar-refractivity contribution in [3.05, 3.63) is 23.8 Å². The number of hydrogen-bond donors (Lipinski definition) is 1. The van der Waals surface area contributed by atoms with Crippen LogP contribution in [0.3, 0.4) is 0 Å². The quantitative estimate of drug-likeness (QED) is 0.785. The predicted octanol–water partition coefficient (Wildman–Crippen LogP) is 4.09. The van der Waals surface area contributed by atoms with Gasteiger partial charge in [-0.2, -0.15) is 13.2 Å². The lowest BCUT2D eigenvalue weighted by atomic mass is 10.1. The van der Waals surface area contributed by atoms with Crippen molar-refractivity contribution in [2.75, 3.05) is 20.3 Å². The van der Waals surface area contributed by atoms with Crippen LogP contribution < -0.4 is 14.8 Å². The number of ether oxygens (including phenoxy) is 2. The zero-order valence-corrected chi connectivity index (χ0v) is 12.6. The molecule has 1 aromatic rings. The van der Waals surface area contributed by atoms with Crippen molar-refractivity contribution in [3.63, 3.8) is 0 Å². The number of hydrogen-bond acceptors (Lipinski definition) is 3. The Kier molecular flexibility index (Phi) is 6.81. The van der Waals surface area contributed by atoms with Crippen LogP contribution in [0.15, 0.2) is 18.2 Å². The molecule has 0 fully saturated rings. The molecule has 0 aliphatic rings. The normalized spacial score (nSPS) is 13.0. The van der Waals surface area contributed by atoms with E-state index in [2.05, 4.69) is 5.32 Å². The number of nitrogens with one attached hydrogen (secondary N) is 1. The summed E-state index contributed by atoms with van der Waals surface area (Å²) in [6.45, 7) is 4.82. The molecule has 0 spiro atoms. The summed E-state index contributed by atoms with van der Waals surface area (Å²) in [5.74, 6) is 0.832. The highest BCUT2D eigenvalue weighted by Gasteiger charge is 2.40. The molecule has 1 aromatic carbocycles. The largest absolute Gasteiger partial charge is 0.490 e. The molecular formula is C15H22F3NO2. The molecule has 1 N–H and O–H groups in total. The Labute approximate surface area is 123 Å². The molecule has 0 heterocycles. The van der Waals surface area contributed by atoms with E-state index in [-0.39, 0.29) is 5.56 Å². The summed E-state index contributed by atoms with van der Waals surface area (Å²) in [6.07, 6.45) is -2.77. The van der Waals surface area contributed by atoms with Gasteiger partial charge in [0.15, 0.2) is 11.5 Å². The van der Waals surface area contributed by atoms with Crippen LogP contribution in [0, 0.1) is 0 Å². The molecule has 120 valence electrons. The molecule has 0 amide bonds. The first-order chi connectivity index (χ1) is 9.93. The molecule has 0 aliphatic heterocycles. The average Bonchev–Trinajstić information content (AvgIpc) is 2.43. The fourth-order valence-electron chi connectivity index (χ4n) is 1.88. The lowest BCUT2D eigenvalue weighted by Gasteiger charge is -2.21. The van der Waals surface area contributed by atoms with Gasteiger partial charge < -0.3 is 14.8 Å². The van der Waals surface area contributed by atoms with Gasteiger partial charge in [-0.15, -0.1) is 0 Å². The van der Waals surface area contributed by atoms with E-state index in [4.69, 9.17) is 9.47 Å². The molecule has 3 nitrogen and oxygen atoms in total. The van der Waals surface area contributed by atoms with Crippen LogP contribution in [0.4, 0.5) is 13.2 Å². The van der Waals surface area contributed by atoms with Crippen molar-refractivity contribution < 1.29 is 22.6 Å². The third kappa shape index (κ3) is 5.12. The Bertz CT molecular complexity index is 435. The second kappa shape index (κ2) is 8.12. The summed E-state index contributed by atoms with van der Waals surface area (Å²) in [6, 6.07) is 2.63. The first-order valence-electron chi connectivity index (χ1n) is 7.07. The van der Waals surface area contributed by atoms with Crippen molar-refractivity contribution in [3.8, 4) is 11.5 Å². The smallest absolute Gasteiger partial charge is 0.407 e. The Hall–Kier alpha value is -1.43. The Morgan fingerprint density at radius 2 is 1.62 bits per heavy atom. The van der Waals surface area contributed by atoms with Crippen molar-refractivity contribution in [1.29, 1.82) is 0 Å². The van der Waals surface area contributed by atoms with E-state index in [0.717, 1.165) is 12.8 Å². The van der Waals surface area contributed by atoms with E-state index in [1.807, 2.05) is 13.8 Å². The van der Waals surface area contributed by atoms with Gasteiger partial charge in [0.05, 0.1) is 13.2 Å². The first kappa shape index (κ1) is 17.6. The van der Waals surface area contributed by atoms with Crippen LogP contribution in [0.5, 0.6) is 11.5 Å². The Balaban J connectivity index is 3.06. The molecule has 21 heavy (non-hydrogen) atoms. The van der Waals surface area contributed by atoms with E-state index in [1.54, 1.807) is 0 Å². The SMILES string of the molecule is CCCOc1ccc(C(NC)C(F)(F)F)cc1OCCC. The second-order valence-electron chi connectivity index (χ2n) is 4.67. The summed E-state index contributed by atoms with van der Waals surface area (Å²) < 4.78 is 49.9. The molecule has 1 rings (SSSR count). The predicted molar refractivity (Wildman–Crippen MR) is 75.9 cm³/mol. The molecule has 0 saturated carbocycles. The van der Waals surface area contributed by atoms with Crippen LogP contribution in [0.1, 0.15) is 38.3 Å². The zero-order chi connectivity index (χ0) is 15.9. The van der Waals surface area contributed by atoms with E-state index >= 15 is 0 Å². The molecule has 6 heteroatoms. The number of rotatable bonds is 8. The van der Waals surface area contributed by atoms with Crippen LogP contribution in [0.25, 0.3) is 0 Å². The van der Waals surface area contributed by atoms with Gasteiger partial charge in [-0.05, 0) is 37.6 Å². The third-order valence-corrected chi connectivity index (χ3v) is 2.84. The highest BCUT2D eigenvalue weighted by molar-refractivity contribution is 5.44. The maximum atomic E-state index is 13.0. The van der Waals surface area contributed by atoms with E-state index in [9.17, 15) is 13.2 Å². The van der Waals surface area contributed by atoms with Gasteiger partial charge in [-0.1, -0.05) is 19.9 Å². The van der Waals surface area contributed by atoms with Crippen LogP contribution in [-0.4, -0.2) is 26.4 Å². The van der Waals surface area contributed by atoms with E-state index < -0.39 is 12.2 Å². The molecule has 0 saturated heterocycles. The molecular weight excluding hydrogens is 283 g/mol. The maximum absolute atomic E-state index is 13.0. The van der Waals surface area contributed by atoms with Gasteiger partial charge in [0.25, 0.3) is 0 Å². The highest BCUT2D eigenvalue weighted by Crippen LogP contribution is 2.37. The minimum Gasteiger partial charge on any atom is -0.490 e. The van der Waals surface area contributed by atoms with Gasteiger partial charge in [0, 0.05) is 0 Å². The number of halogens is 3. The van der Waals surface area contributed by atoms with Gasteiger partial charge in [0.1, 0.15) is 6.04 Å². The minimum absolute atomic E-state index is 0.111. The second-order valence-corrected chi connectivity index (χ2v) is 4.67. The first-order valence-corrected chi connectivity index (χ1v) is 7.07. The molecule has 1 unspecified atom stereocenters. The maximum Gasteiger partial charge on any atom is 0.407 e. The van der Waals surface area contributed by atoms with Crippen molar-refractivity contribution in [2.45, 2.75) is 38.9 Å². The average molecular weight is 305 g/mol. The van der Waals surface area contributed by atoms with Crippen molar-refractivity contribution in [1.82, 2.24) is 5.32 Å². The third-order valence-electron chi connectivity index (χ3n) is 2.84. The summed E-state index contributed by atoms with van der Waals surface area (Å²) >= 11 is 0. The summed E-state index contributed by atoms with van der Waals surface area (Å²) in [5.41, 5.74) is 0.111. The van der Waals surface area contributed by atoms with Crippen LogP contribution in [-0.2, 0) is 0 Å². The van der Waals surface area contributed by atoms with E-state index in [1.165, 1.54) is 25.2 Å². The summed E-state index contributed by atoms with van der Waals surface area (Å²) in [4.78, 5) is 0. The molecule has 0 bridgehead atoms. The van der Waals surface area contributed by atoms with Crippen molar-refractivity contribution >= 4 is 0 Å². The van der Waals surface area contributed by atoms with E-state index in [0.29, 0.717) is 24.7 Å². The standard InChI is InChI=1S/C15H22F3NO2/c1-4-8-20-12-7-6-11(10-13(12)21-9-5-2)14(19-3)15(16,17)18/h6-7,10,14,19H,4-5,8-9H2,1-3H3. The van der Waals surface area contributed by atoms with Crippen LogP contribution in [0.2, 0.25) is 0 Å². The topological polar surface area (TPSA) is 30.5 Å². The Morgan fingerprint density at radius 1 is 1.05 bits per heavy atom. The van der Waals surface area contributed by atoms with Crippen molar-refractivity contribution in [2.24, 2.45) is 0 Å². The lowest BCUT2D eigenvalue weighted by Crippen LogP contribution is -2.31. The van der Waals surface area contributed by atoms with Gasteiger partial charge in [-0.25, -0.2) is 0 Å². The van der Waals surface area contributed by atoms with Gasteiger partial charge >= 0.3 is 6.18 Å². The fourth-order valence-corrected chi connectivity index (χ4v) is 1.88.